The molecule has 2 aromatic rings. The van der Waals surface area contributed by atoms with E-state index in [0.29, 0.717) is 23.2 Å². The third-order valence-electron chi connectivity index (χ3n) is 3.87. The molecular weight excluding hydrogens is 280 g/mol. The van der Waals surface area contributed by atoms with Gasteiger partial charge in [-0.05, 0) is 37.8 Å². The summed E-state index contributed by atoms with van der Waals surface area (Å²) in [5.41, 5.74) is 1.44. The van der Waals surface area contributed by atoms with Gasteiger partial charge in [0.1, 0.15) is 11.5 Å². The minimum Gasteiger partial charge on any atom is -0.370 e. The van der Waals surface area contributed by atoms with Gasteiger partial charge < -0.3 is 14.7 Å². The Kier molecular flexibility index (Phi) is 4.09. The van der Waals surface area contributed by atoms with Crippen molar-refractivity contribution < 1.29 is 9.32 Å². The van der Waals surface area contributed by atoms with Gasteiger partial charge in [-0.3, -0.25) is 4.79 Å². The molecule has 0 aliphatic carbocycles. The number of pyridine rings is 1. The van der Waals surface area contributed by atoms with Crippen LogP contribution in [0.2, 0.25) is 0 Å². The van der Waals surface area contributed by atoms with Gasteiger partial charge in [0.15, 0.2) is 5.82 Å². The first-order valence-electron chi connectivity index (χ1n) is 7.57. The molecule has 0 radical (unpaired) electrons. The summed E-state index contributed by atoms with van der Waals surface area (Å²) in [7, 11) is 0. The second-order valence-corrected chi connectivity index (χ2v) is 5.87. The average Bonchev–Trinajstić information content (AvgIpc) is 2.92. The van der Waals surface area contributed by atoms with Crippen LogP contribution in [-0.2, 0) is 0 Å². The first-order valence-corrected chi connectivity index (χ1v) is 7.57. The van der Waals surface area contributed by atoms with E-state index in [2.05, 4.69) is 27.3 Å². The Morgan fingerprint density at radius 3 is 2.95 bits per heavy atom. The number of nitrogens with zero attached hydrogens (tertiary/aromatic N) is 3. The number of carbonyl (C=O) groups is 1. The van der Waals surface area contributed by atoms with Gasteiger partial charge in [0.2, 0.25) is 0 Å². The number of piperidine rings is 1. The van der Waals surface area contributed by atoms with Crippen molar-refractivity contribution in [2.45, 2.75) is 26.7 Å². The van der Waals surface area contributed by atoms with Gasteiger partial charge >= 0.3 is 0 Å². The number of aryl methyl sites for hydroxylation is 1. The highest BCUT2D eigenvalue weighted by atomic mass is 16.5. The number of hydrogen-bond acceptors (Lipinski definition) is 5. The molecule has 3 heterocycles. The molecule has 0 aromatic carbocycles. The number of carbonyl (C=O) groups excluding carboxylic acids is 1. The van der Waals surface area contributed by atoms with Gasteiger partial charge in [-0.2, -0.15) is 0 Å². The Balaban J connectivity index is 1.67. The topological polar surface area (TPSA) is 71.3 Å². The van der Waals surface area contributed by atoms with Crippen LogP contribution < -0.4 is 10.2 Å². The number of aromatic nitrogens is 2. The number of anilines is 2. The van der Waals surface area contributed by atoms with E-state index >= 15 is 0 Å². The summed E-state index contributed by atoms with van der Waals surface area (Å²) >= 11 is 0. The predicted octanol–water partition coefficient (Wildman–Crippen LogP) is 2.87. The second kappa shape index (κ2) is 6.17. The van der Waals surface area contributed by atoms with Gasteiger partial charge in [0.25, 0.3) is 5.91 Å². The summed E-state index contributed by atoms with van der Waals surface area (Å²) in [6, 6.07) is 5.37. The average molecular weight is 300 g/mol. The van der Waals surface area contributed by atoms with Crippen molar-refractivity contribution in [1.82, 2.24) is 10.1 Å². The van der Waals surface area contributed by atoms with E-state index in [1.54, 1.807) is 25.3 Å². The Labute approximate surface area is 129 Å². The fourth-order valence-electron chi connectivity index (χ4n) is 2.74. The highest BCUT2D eigenvalue weighted by molar-refractivity contribution is 6.02. The third-order valence-corrected chi connectivity index (χ3v) is 3.87. The van der Waals surface area contributed by atoms with Gasteiger partial charge in [0.05, 0.1) is 11.9 Å². The first-order chi connectivity index (χ1) is 10.6. The van der Waals surface area contributed by atoms with Crippen molar-refractivity contribution in [2.75, 3.05) is 23.3 Å². The lowest BCUT2D eigenvalue weighted by molar-refractivity contribution is 0.102. The molecule has 6 nitrogen and oxygen atoms in total. The molecule has 0 spiro atoms. The Bertz CT molecular complexity index is 650. The zero-order chi connectivity index (χ0) is 15.5. The third kappa shape index (κ3) is 3.27. The minimum absolute atomic E-state index is 0.285. The van der Waals surface area contributed by atoms with Crippen LogP contribution in [0, 0.1) is 12.8 Å². The van der Waals surface area contributed by atoms with Crippen LogP contribution in [0.15, 0.2) is 28.9 Å². The van der Waals surface area contributed by atoms with Crippen LogP contribution in [0.25, 0.3) is 0 Å². The number of amides is 1. The van der Waals surface area contributed by atoms with Crippen LogP contribution in [0.5, 0.6) is 0 Å². The van der Waals surface area contributed by atoms with Crippen LogP contribution >= 0.6 is 0 Å². The summed E-state index contributed by atoms with van der Waals surface area (Å²) < 4.78 is 4.92. The maximum atomic E-state index is 12.1. The minimum atomic E-state index is -0.285. The Morgan fingerprint density at radius 2 is 2.32 bits per heavy atom. The quantitative estimate of drug-likeness (QED) is 0.943. The fourth-order valence-corrected chi connectivity index (χ4v) is 2.74. The molecule has 1 aliphatic rings. The molecule has 3 rings (SSSR count). The summed E-state index contributed by atoms with van der Waals surface area (Å²) in [5, 5.41) is 6.40. The molecule has 1 N–H and O–H groups in total. The normalized spacial score (nSPS) is 18.3. The van der Waals surface area contributed by atoms with Crippen molar-refractivity contribution in [2.24, 2.45) is 5.92 Å². The van der Waals surface area contributed by atoms with E-state index in [9.17, 15) is 4.79 Å². The van der Waals surface area contributed by atoms with Crippen LogP contribution in [-0.4, -0.2) is 29.1 Å². The lowest BCUT2D eigenvalue weighted by atomic mass is 10.00. The van der Waals surface area contributed by atoms with Crippen molar-refractivity contribution in [3.63, 3.8) is 0 Å². The molecule has 22 heavy (non-hydrogen) atoms. The van der Waals surface area contributed by atoms with E-state index in [4.69, 9.17) is 4.52 Å². The highest BCUT2D eigenvalue weighted by Crippen LogP contribution is 2.22. The smallest absolute Gasteiger partial charge is 0.275 e. The standard InChI is InChI=1S/C16H20N4O2/c1-11-4-3-7-20(10-11)13-5-6-14(17-9-13)16(21)18-15-8-12(2)22-19-15/h5-6,8-9,11H,3-4,7,10H2,1-2H3,(H,18,19,21). The van der Waals surface area contributed by atoms with Gasteiger partial charge in [-0.25, -0.2) is 4.98 Å². The van der Waals surface area contributed by atoms with Crippen LogP contribution in [0.3, 0.4) is 0 Å². The highest BCUT2D eigenvalue weighted by Gasteiger charge is 2.17. The van der Waals surface area contributed by atoms with E-state index in [1.807, 2.05) is 6.07 Å². The molecule has 1 amide bonds. The van der Waals surface area contributed by atoms with Crippen molar-refractivity contribution in [3.8, 4) is 0 Å². The zero-order valence-corrected chi connectivity index (χ0v) is 12.9. The lowest BCUT2D eigenvalue weighted by Gasteiger charge is -2.32. The van der Waals surface area contributed by atoms with E-state index in [-0.39, 0.29) is 5.91 Å². The second-order valence-electron chi connectivity index (χ2n) is 5.87. The summed E-state index contributed by atoms with van der Waals surface area (Å²) in [6.45, 7) is 6.14. The monoisotopic (exact) mass is 300 g/mol. The molecule has 1 aliphatic heterocycles. The van der Waals surface area contributed by atoms with E-state index < -0.39 is 0 Å². The van der Waals surface area contributed by atoms with Crippen LogP contribution in [0.1, 0.15) is 36.0 Å². The van der Waals surface area contributed by atoms with Gasteiger partial charge in [0, 0.05) is 19.2 Å². The number of nitrogens with one attached hydrogen (secondary N) is 1. The first kappa shape index (κ1) is 14.6. The maximum Gasteiger partial charge on any atom is 0.275 e. The fraction of sp³-hybridized carbons (Fsp3) is 0.438. The molecule has 1 fully saturated rings. The molecule has 6 heteroatoms. The number of hydrogen-bond donors (Lipinski definition) is 1. The van der Waals surface area contributed by atoms with E-state index in [0.717, 1.165) is 18.8 Å². The summed E-state index contributed by atoms with van der Waals surface area (Å²) in [4.78, 5) is 18.7. The van der Waals surface area contributed by atoms with Gasteiger partial charge in [-0.1, -0.05) is 12.1 Å². The van der Waals surface area contributed by atoms with E-state index in [1.165, 1.54) is 12.8 Å². The Morgan fingerprint density at radius 1 is 1.45 bits per heavy atom. The SMILES string of the molecule is Cc1cc(NC(=O)c2ccc(N3CCCC(C)C3)cn2)no1. The zero-order valence-electron chi connectivity index (χ0n) is 12.9. The molecule has 1 atom stereocenters. The van der Waals surface area contributed by atoms with Crippen molar-refractivity contribution in [3.05, 3.63) is 35.9 Å². The van der Waals surface area contributed by atoms with Crippen molar-refractivity contribution >= 4 is 17.4 Å². The maximum absolute atomic E-state index is 12.1. The summed E-state index contributed by atoms with van der Waals surface area (Å²) in [6.07, 6.45) is 4.25. The molecule has 1 saturated heterocycles. The summed E-state index contributed by atoms with van der Waals surface area (Å²) in [5.74, 6) is 1.47. The molecule has 0 saturated carbocycles. The largest absolute Gasteiger partial charge is 0.370 e. The lowest BCUT2D eigenvalue weighted by Crippen LogP contribution is -2.34. The molecule has 1 unspecified atom stereocenters. The predicted molar refractivity (Wildman–Crippen MR) is 84.0 cm³/mol. The van der Waals surface area contributed by atoms with Crippen molar-refractivity contribution in [1.29, 1.82) is 0 Å². The van der Waals surface area contributed by atoms with Crippen LogP contribution in [0.4, 0.5) is 11.5 Å². The molecular formula is C16H20N4O2. The van der Waals surface area contributed by atoms with Gasteiger partial charge in [-0.15, -0.1) is 0 Å². The molecule has 2 aromatic heterocycles. The Hall–Kier alpha value is -2.37. The molecule has 116 valence electrons. The molecule has 0 bridgehead atoms. The number of rotatable bonds is 3.